The molecule has 0 radical (unpaired) electrons. The number of carbonyl (C=O) groups is 1. The van der Waals surface area contributed by atoms with Gasteiger partial charge >= 0.3 is 0 Å². The smallest absolute Gasteiger partial charge is 0.251 e. The molecule has 0 atom stereocenters. The van der Waals surface area contributed by atoms with Crippen LogP contribution < -0.4 is 10.1 Å². The topological polar surface area (TPSA) is 64.1 Å². The Balaban J connectivity index is 1.93. The van der Waals surface area contributed by atoms with Crippen LogP contribution in [0.1, 0.15) is 27.4 Å². The van der Waals surface area contributed by atoms with Crippen molar-refractivity contribution in [2.75, 3.05) is 13.7 Å². The van der Waals surface area contributed by atoms with E-state index in [4.69, 9.17) is 4.74 Å². The molecule has 0 aliphatic carbocycles. The fraction of sp³-hybridized carbons (Fsp3) is 0.312. The number of hydrogen-bond donors (Lipinski definition) is 1. The Kier molecular flexibility index (Phi) is 5.41. The molecular formula is C16H18FN3O2. The van der Waals surface area contributed by atoms with Gasteiger partial charge in [-0.05, 0) is 24.6 Å². The summed E-state index contributed by atoms with van der Waals surface area (Å²) in [5, 5.41) is 2.77. The van der Waals surface area contributed by atoms with Crippen LogP contribution in [0.25, 0.3) is 0 Å². The zero-order chi connectivity index (χ0) is 15.9. The number of carbonyl (C=O) groups excluding carboxylic acids is 1. The molecule has 1 heterocycles. The Morgan fingerprint density at radius 2 is 2.14 bits per heavy atom. The first kappa shape index (κ1) is 15.9. The van der Waals surface area contributed by atoms with Crippen molar-refractivity contribution in [2.24, 2.45) is 0 Å². The summed E-state index contributed by atoms with van der Waals surface area (Å²) < 4.78 is 17.7. The highest BCUT2D eigenvalue weighted by atomic mass is 19.1. The minimum absolute atomic E-state index is 0.241. The second kappa shape index (κ2) is 7.49. The number of methoxy groups -OCH3 is 1. The van der Waals surface area contributed by atoms with E-state index < -0.39 is 6.67 Å². The Labute approximate surface area is 128 Å². The van der Waals surface area contributed by atoms with Gasteiger partial charge in [0, 0.05) is 30.3 Å². The van der Waals surface area contributed by atoms with Gasteiger partial charge in [0.2, 0.25) is 5.88 Å². The average Bonchev–Trinajstić information content (AvgIpc) is 2.54. The number of nitrogens with one attached hydrogen (secondary N) is 1. The van der Waals surface area contributed by atoms with Crippen LogP contribution in [0.15, 0.2) is 30.3 Å². The largest absolute Gasteiger partial charge is 0.481 e. The Morgan fingerprint density at radius 3 is 2.86 bits per heavy atom. The molecule has 116 valence electrons. The highest BCUT2D eigenvalue weighted by molar-refractivity contribution is 5.94. The number of hydrogen-bond acceptors (Lipinski definition) is 4. The molecule has 1 aromatic carbocycles. The molecule has 1 N–H and O–H groups in total. The molecule has 0 saturated heterocycles. The van der Waals surface area contributed by atoms with Crippen LogP contribution in [-0.4, -0.2) is 29.5 Å². The maximum Gasteiger partial charge on any atom is 0.251 e. The highest BCUT2D eigenvalue weighted by Gasteiger charge is 2.07. The predicted molar refractivity (Wildman–Crippen MR) is 80.6 cm³/mol. The fourth-order valence-corrected chi connectivity index (χ4v) is 2.00. The van der Waals surface area contributed by atoms with Gasteiger partial charge in [-0.25, -0.2) is 9.37 Å². The molecule has 6 heteroatoms. The minimum Gasteiger partial charge on any atom is -0.481 e. The molecule has 0 bridgehead atoms. The van der Waals surface area contributed by atoms with Gasteiger partial charge in [0.15, 0.2) is 0 Å². The number of aromatic nitrogens is 2. The van der Waals surface area contributed by atoms with Crippen molar-refractivity contribution in [1.82, 2.24) is 15.3 Å². The van der Waals surface area contributed by atoms with Crippen LogP contribution >= 0.6 is 0 Å². The third-order valence-corrected chi connectivity index (χ3v) is 3.06. The third kappa shape index (κ3) is 4.25. The molecule has 0 saturated carbocycles. The van der Waals surface area contributed by atoms with Crippen LogP contribution in [0.4, 0.5) is 4.39 Å². The van der Waals surface area contributed by atoms with E-state index in [0.29, 0.717) is 35.8 Å². The van der Waals surface area contributed by atoms with E-state index in [9.17, 15) is 9.18 Å². The first-order valence-corrected chi connectivity index (χ1v) is 6.94. The lowest BCUT2D eigenvalue weighted by molar-refractivity contribution is 0.0954. The maximum absolute atomic E-state index is 12.6. The number of halogens is 1. The van der Waals surface area contributed by atoms with E-state index in [1.165, 1.54) is 0 Å². The summed E-state index contributed by atoms with van der Waals surface area (Å²) in [5.74, 6) is 0.869. The number of alkyl halides is 1. The van der Waals surface area contributed by atoms with Crippen LogP contribution in [0.3, 0.4) is 0 Å². The van der Waals surface area contributed by atoms with Crippen LogP contribution in [0.2, 0.25) is 0 Å². The first-order valence-electron chi connectivity index (χ1n) is 6.94. The summed E-state index contributed by atoms with van der Waals surface area (Å²) >= 11 is 0. The number of amides is 1. The molecule has 22 heavy (non-hydrogen) atoms. The fourth-order valence-electron chi connectivity index (χ4n) is 2.00. The zero-order valence-corrected chi connectivity index (χ0v) is 12.6. The van der Waals surface area contributed by atoms with E-state index in [1.807, 2.05) is 6.92 Å². The maximum atomic E-state index is 12.6. The molecule has 2 aromatic rings. The number of rotatable bonds is 6. The molecule has 5 nitrogen and oxygen atoms in total. The van der Waals surface area contributed by atoms with E-state index in [-0.39, 0.29) is 5.91 Å². The number of aryl methyl sites for hydroxylation is 1. The summed E-state index contributed by atoms with van der Waals surface area (Å²) in [6.45, 7) is 1.66. The summed E-state index contributed by atoms with van der Waals surface area (Å²) in [6.07, 6.45) is 0.493. The van der Waals surface area contributed by atoms with Gasteiger partial charge in [0.05, 0.1) is 7.11 Å². The molecule has 0 spiro atoms. The van der Waals surface area contributed by atoms with E-state index in [0.717, 1.165) is 5.69 Å². The van der Waals surface area contributed by atoms with E-state index >= 15 is 0 Å². The summed E-state index contributed by atoms with van der Waals surface area (Å²) in [6, 6.07) is 8.24. The molecule has 0 unspecified atom stereocenters. The number of nitrogens with zero attached hydrogens (tertiary/aromatic N) is 2. The van der Waals surface area contributed by atoms with Crippen molar-refractivity contribution in [2.45, 2.75) is 20.0 Å². The lowest BCUT2D eigenvalue weighted by Gasteiger charge is -2.07. The van der Waals surface area contributed by atoms with Crippen molar-refractivity contribution in [1.29, 1.82) is 0 Å². The molecule has 0 fully saturated rings. The van der Waals surface area contributed by atoms with Crippen molar-refractivity contribution >= 4 is 5.91 Å². The lowest BCUT2D eigenvalue weighted by atomic mass is 10.1. The second-order valence-corrected chi connectivity index (χ2v) is 4.81. The quantitative estimate of drug-likeness (QED) is 0.889. The van der Waals surface area contributed by atoms with Gasteiger partial charge in [-0.1, -0.05) is 12.1 Å². The van der Waals surface area contributed by atoms with E-state index in [2.05, 4.69) is 15.3 Å². The van der Waals surface area contributed by atoms with Crippen molar-refractivity contribution in [3.63, 3.8) is 0 Å². The second-order valence-electron chi connectivity index (χ2n) is 4.81. The average molecular weight is 303 g/mol. The lowest BCUT2D eigenvalue weighted by Crippen LogP contribution is -2.26. The Morgan fingerprint density at radius 1 is 1.32 bits per heavy atom. The van der Waals surface area contributed by atoms with Gasteiger partial charge in [-0.3, -0.25) is 4.79 Å². The summed E-state index contributed by atoms with van der Waals surface area (Å²) in [7, 11) is 1.55. The number of ether oxygens (including phenoxy) is 1. The van der Waals surface area contributed by atoms with Crippen LogP contribution in [0.5, 0.6) is 5.88 Å². The molecule has 0 aliphatic rings. The standard InChI is InChI=1S/C16H18FN3O2/c1-11-8-15(22-2)20-14(19-11)6-7-18-16(21)13-5-3-4-12(9-13)10-17/h3-5,8-9H,6-7,10H2,1-2H3,(H,18,21). The normalized spacial score (nSPS) is 10.3. The Bertz CT molecular complexity index is 662. The van der Waals surface area contributed by atoms with Crippen molar-refractivity contribution < 1.29 is 13.9 Å². The predicted octanol–water partition coefficient (Wildman–Crippen LogP) is 2.24. The monoisotopic (exact) mass is 303 g/mol. The van der Waals surface area contributed by atoms with Gasteiger partial charge in [0.25, 0.3) is 5.91 Å². The van der Waals surface area contributed by atoms with E-state index in [1.54, 1.807) is 37.4 Å². The number of benzene rings is 1. The summed E-state index contributed by atoms with van der Waals surface area (Å²) in [5.41, 5.74) is 1.74. The van der Waals surface area contributed by atoms with Crippen LogP contribution in [0, 0.1) is 6.92 Å². The van der Waals surface area contributed by atoms with Gasteiger partial charge in [-0.2, -0.15) is 4.98 Å². The van der Waals surface area contributed by atoms with Gasteiger partial charge in [-0.15, -0.1) is 0 Å². The molecule has 0 aliphatic heterocycles. The third-order valence-electron chi connectivity index (χ3n) is 3.06. The molecule has 2 rings (SSSR count). The Hall–Kier alpha value is -2.50. The molecule has 1 amide bonds. The van der Waals surface area contributed by atoms with Crippen molar-refractivity contribution in [3.05, 3.63) is 53.0 Å². The molecule has 1 aromatic heterocycles. The molecular weight excluding hydrogens is 285 g/mol. The first-order chi connectivity index (χ1) is 10.6. The van der Waals surface area contributed by atoms with Gasteiger partial charge in [0.1, 0.15) is 12.5 Å². The minimum atomic E-state index is -0.585. The van der Waals surface area contributed by atoms with Crippen LogP contribution in [-0.2, 0) is 13.1 Å². The SMILES string of the molecule is COc1cc(C)nc(CCNC(=O)c2cccc(CF)c2)n1. The van der Waals surface area contributed by atoms with Crippen molar-refractivity contribution in [3.8, 4) is 5.88 Å². The zero-order valence-electron chi connectivity index (χ0n) is 12.6. The summed E-state index contributed by atoms with van der Waals surface area (Å²) in [4.78, 5) is 20.5. The van der Waals surface area contributed by atoms with Gasteiger partial charge < -0.3 is 10.1 Å². The highest BCUT2D eigenvalue weighted by Crippen LogP contribution is 2.09.